The summed E-state index contributed by atoms with van der Waals surface area (Å²) in [6, 6.07) is 5.80. The summed E-state index contributed by atoms with van der Waals surface area (Å²) in [6.07, 6.45) is 8.34. The second-order valence-electron chi connectivity index (χ2n) is 13.1. The van der Waals surface area contributed by atoms with Crippen LogP contribution in [0.25, 0.3) is 6.08 Å². The molecule has 3 aliphatic carbocycles. The first-order valence-corrected chi connectivity index (χ1v) is 17.2. The molecule has 0 radical (unpaired) electrons. The fourth-order valence-electron chi connectivity index (χ4n) is 7.97. The molecule has 2 saturated carbocycles. The number of unbranched alkanes of at least 4 members (excludes halogenated alkanes) is 6. The summed E-state index contributed by atoms with van der Waals surface area (Å²) in [5, 5.41) is 10.2. The monoisotopic (exact) mass is 630 g/mol. The van der Waals surface area contributed by atoms with Crippen LogP contribution in [0.4, 0.5) is 22.0 Å². The number of fused-ring (bicyclic) bond motifs is 5. The van der Waals surface area contributed by atoms with E-state index < -0.39 is 18.5 Å². The Morgan fingerprint density at radius 2 is 1.65 bits per heavy atom. The molecule has 3 nitrogen and oxygen atoms in total. The highest BCUT2D eigenvalue weighted by Gasteiger charge is 2.57. The molecule has 1 aromatic rings. The number of hydrogen-bond acceptors (Lipinski definition) is 4. The highest BCUT2D eigenvalue weighted by molar-refractivity contribution is 7.99. The maximum atomic E-state index is 12.9. The van der Waals surface area contributed by atoms with Crippen LogP contribution in [0.3, 0.4) is 0 Å². The largest absolute Gasteiger partial charge is 0.508 e. The molecule has 2 fully saturated rings. The minimum Gasteiger partial charge on any atom is -0.508 e. The van der Waals surface area contributed by atoms with Gasteiger partial charge >= 0.3 is 18.1 Å². The van der Waals surface area contributed by atoms with Gasteiger partial charge in [0, 0.05) is 18.8 Å². The quantitative estimate of drug-likeness (QED) is 0.119. The summed E-state index contributed by atoms with van der Waals surface area (Å²) in [7, 11) is 0. The van der Waals surface area contributed by atoms with Crippen LogP contribution in [-0.4, -0.2) is 40.8 Å². The number of benzene rings is 1. The van der Waals surface area contributed by atoms with Crippen molar-refractivity contribution in [2.75, 3.05) is 11.5 Å². The number of ether oxygens (including phenoxy) is 1. The molecule has 0 bridgehead atoms. The minimum absolute atomic E-state index is 0.00716. The van der Waals surface area contributed by atoms with Crippen molar-refractivity contribution in [1.29, 1.82) is 0 Å². The van der Waals surface area contributed by atoms with E-state index in [1.807, 2.05) is 6.07 Å². The minimum atomic E-state index is -5.45. The second-order valence-corrected chi connectivity index (χ2v) is 14.4. The van der Waals surface area contributed by atoms with E-state index in [9.17, 15) is 31.9 Å². The van der Waals surface area contributed by atoms with Crippen LogP contribution in [0.1, 0.15) is 121 Å². The lowest BCUT2D eigenvalue weighted by Gasteiger charge is -2.50. The molecule has 1 aromatic carbocycles. The molecule has 4 rings (SSSR count). The van der Waals surface area contributed by atoms with Crippen molar-refractivity contribution in [3.05, 3.63) is 34.9 Å². The van der Waals surface area contributed by atoms with Gasteiger partial charge in [0.15, 0.2) is 0 Å². The summed E-state index contributed by atoms with van der Waals surface area (Å²) < 4.78 is 68.4. The number of phenols is 1. The molecule has 0 aromatic heterocycles. The van der Waals surface area contributed by atoms with Gasteiger partial charge in [-0.1, -0.05) is 56.7 Å². The fourth-order valence-corrected chi connectivity index (χ4v) is 8.93. The van der Waals surface area contributed by atoms with Gasteiger partial charge in [0.1, 0.15) is 11.9 Å². The van der Waals surface area contributed by atoms with Gasteiger partial charge in [-0.3, -0.25) is 4.79 Å². The van der Waals surface area contributed by atoms with E-state index in [1.54, 1.807) is 6.07 Å². The number of thioether (sulfide) groups is 1. The molecule has 0 saturated heterocycles. The number of hydrogen-bond donors (Lipinski definition) is 1. The third kappa shape index (κ3) is 8.29. The number of carbonyl (C=O) groups excluding carboxylic acids is 1. The number of halogens is 5. The van der Waals surface area contributed by atoms with Gasteiger partial charge in [-0.05, 0) is 104 Å². The van der Waals surface area contributed by atoms with Crippen molar-refractivity contribution < 1.29 is 36.6 Å². The van der Waals surface area contributed by atoms with Crippen LogP contribution in [0.15, 0.2) is 23.8 Å². The second kappa shape index (κ2) is 14.6. The third-order valence-corrected chi connectivity index (χ3v) is 11.3. The third-order valence-electron chi connectivity index (χ3n) is 10.2. The molecular weight excluding hydrogens is 583 g/mol. The van der Waals surface area contributed by atoms with E-state index in [1.165, 1.54) is 29.8 Å². The van der Waals surface area contributed by atoms with Crippen LogP contribution in [0.2, 0.25) is 0 Å². The van der Waals surface area contributed by atoms with E-state index >= 15 is 0 Å². The van der Waals surface area contributed by atoms with Crippen molar-refractivity contribution in [2.24, 2.45) is 17.3 Å². The van der Waals surface area contributed by atoms with Gasteiger partial charge < -0.3 is 9.84 Å². The molecule has 0 aliphatic heterocycles. The van der Waals surface area contributed by atoms with E-state index in [4.69, 9.17) is 4.74 Å². The normalized spacial score (nSPS) is 26.8. The molecule has 43 heavy (non-hydrogen) atoms. The Morgan fingerprint density at radius 3 is 2.35 bits per heavy atom. The summed E-state index contributed by atoms with van der Waals surface area (Å²) in [5.74, 6) is -2.01. The fraction of sp³-hybridized carbons (Fsp3) is 0.735. The highest BCUT2D eigenvalue weighted by Crippen LogP contribution is 2.63. The lowest BCUT2D eigenvalue weighted by Crippen LogP contribution is -2.45. The molecular formula is C34H47F5O3S. The van der Waals surface area contributed by atoms with Gasteiger partial charge in [0.25, 0.3) is 0 Å². The van der Waals surface area contributed by atoms with E-state index in [0.29, 0.717) is 29.3 Å². The maximum Gasteiger partial charge on any atom is 0.453 e. The molecule has 9 heteroatoms. The first-order valence-electron chi connectivity index (χ1n) is 16.1. The Labute approximate surface area is 257 Å². The highest BCUT2D eigenvalue weighted by atomic mass is 32.2. The topological polar surface area (TPSA) is 46.5 Å². The standard InChI is InChI=1S/C34H47F5O3S/c1-23(40)42-30-15-14-29-31-24(21-25-22-26(41)12-13-27(25)28(31)16-18-32(29,30)2)11-8-6-4-3-5-7-9-19-43-20-10-17-33(35,36)34(37,38)39/h12-13,21-22,28-31,41H,3-11,14-20H2,1-2H3/t28-,29+,30+,31-,32+/m1/s1. The Bertz CT molecular complexity index is 1120. The molecule has 5 atom stereocenters. The van der Waals surface area contributed by atoms with Crippen molar-refractivity contribution in [2.45, 2.75) is 128 Å². The smallest absolute Gasteiger partial charge is 0.453 e. The number of aromatic hydroxyl groups is 1. The van der Waals surface area contributed by atoms with Crippen LogP contribution in [-0.2, 0) is 9.53 Å². The first-order chi connectivity index (χ1) is 20.3. The molecule has 0 heterocycles. The molecule has 0 unspecified atom stereocenters. The summed E-state index contributed by atoms with van der Waals surface area (Å²) >= 11 is 1.46. The first kappa shape index (κ1) is 34.1. The Kier molecular flexibility index (Phi) is 11.5. The molecule has 0 amide bonds. The molecule has 3 aliphatic rings. The number of rotatable bonds is 15. The lowest BCUT2D eigenvalue weighted by atomic mass is 9.54. The van der Waals surface area contributed by atoms with Gasteiger partial charge in [-0.2, -0.15) is 33.7 Å². The van der Waals surface area contributed by atoms with Crippen molar-refractivity contribution >= 4 is 23.8 Å². The molecule has 0 spiro atoms. The lowest BCUT2D eigenvalue weighted by molar-refractivity contribution is -0.284. The predicted octanol–water partition coefficient (Wildman–Crippen LogP) is 10.5. The number of alkyl halides is 5. The van der Waals surface area contributed by atoms with Crippen LogP contribution >= 0.6 is 11.8 Å². The Morgan fingerprint density at radius 1 is 0.977 bits per heavy atom. The van der Waals surface area contributed by atoms with E-state index in [0.717, 1.165) is 88.4 Å². The van der Waals surface area contributed by atoms with Crippen LogP contribution in [0.5, 0.6) is 5.75 Å². The average Bonchev–Trinajstić information content (AvgIpc) is 3.25. The van der Waals surface area contributed by atoms with Crippen molar-refractivity contribution in [3.63, 3.8) is 0 Å². The predicted molar refractivity (Wildman–Crippen MR) is 162 cm³/mol. The Balaban J connectivity index is 1.19. The van der Waals surface area contributed by atoms with Crippen LogP contribution in [0, 0.1) is 17.3 Å². The zero-order valence-corrected chi connectivity index (χ0v) is 26.3. The van der Waals surface area contributed by atoms with Gasteiger partial charge in [-0.25, -0.2) is 0 Å². The van der Waals surface area contributed by atoms with Crippen LogP contribution < -0.4 is 0 Å². The molecule has 1 N–H and O–H groups in total. The number of allylic oxidation sites excluding steroid dienone is 1. The van der Waals surface area contributed by atoms with Gasteiger partial charge in [0.2, 0.25) is 0 Å². The van der Waals surface area contributed by atoms with Crippen molar-refractivity contribution in [3.8, 4) is 5.75 Å². The Hall–Kier alpha value is -1.77. The van der Waals surface area contributed by atoms with E-state index in [2.05, 4.69) is 19.1 Å². The summed E-state index contributed by atoms with van der Waals surface area (Å²) in [5.41, 5.74) is 3.95. The van der Waals surface area contributed by atoms with E-state index in [-0.39, 0.29) is 23.9 Å². The SMILES string of the molecule is CC(=O)O[C@H]1CC[C@H]2[C@@H]3C(CCCCCCCCCSCCCC(F)(F)C(F)(F)F)=Cc4cc(O)ccc4[C@H]3CC[C@]12C. The molecule has 242 valence electrons. The van der Waals surface area contributed by atoms with Gasteiger partial charge in [-0.15, -0.1) is 0 Å². The summed E-state index contributed by atoms with van der Waals surface area (Å²) in [6.45, 7) is 3.83. The number of carbonyl (C=O) groups is 1. The zero-order chi connectivity index (χ0) is 31.3. The maximum absolute atomic E-state index is 12.9. The number of phenolic OH excluding ortho intramolecular Hbond substituents is 1. The van der Waals surface area contributed by atoms with Gasteiger partial charge in [0.05, 0.1) is 0 Å². The van der Waals surface area contributed by atoms with Crippen molar-refractivity contribution in [1.82, 2.24) is 0 Å². The zero-order valence-electron chi connectivity index (χ0n) is 25.5. The average molecular weight is 631 g/mol. The number of esters is 1. The summed E-state index contributed by atoms with van der Waals surface area (Å²) in [4.78, 5) is 11.8.